The number of hydrogen-bond donors (Lipinski definition) is 2. The molecule has 6 nitrogen and oxygen atoms in total. The van der Waals surface area contributed by atoms with Crippen LogP contribution in [0, 0.1) is 5.82 Å². The van der Waals surface area contributed by atoms with Crippen molar-refractivity contribution in [2.45, 2.75) is 45.3 Å². The molecule has 0 aliphatic carbocycles. The van der Waals surface area contributed by atoms with Gasteiger partial charge in [0.1, 0.15) is 11.6 Å². The summed E-state index contributed by atoms with van der Waals surface area (Å²) in [5, 5.41) is 13.9. The first-order chi connectivity index (χ1) is 11.2. The minimum Gasteiger partial charge on any atom is -0.334 e. The van der Waals surface area contributed by atoms with Crippen LogP contribution in [0.4, 0.5) is 9.18 Å². The molecule has 2 heterocycles. The number of rotatable bonds is 4. The van der Waals surface area contributed by atoms with E-state index in [9.17, 15) is 9.18 Å². The molecule has 0 unspecified atom stereocenters. The molecule has 122 valence electrons. The van der Waals surface area contributed by atoms with E-state index in [0.717, 1.165) is 43.0 Å². The highest BCUT2D eigenvalue weighted by atomic mass is 19.1. The van der Waals surface area contributed by atoms with Crippen molar-refractivity contribution >= 4 is 6.03 Å². The molecule has 3 rings (SSSR count). The van der Waals surface area contributed by atoms with Crippen LogP contribution in [-0.2, 0) is 26.1 Å². The zero-order valence-corrected chi connectivity index (χ0v) is 12.9. The summed E-state index contributed by atoms with van der Waals surface area (Å²) in [5.41, 5.74) is 0.845. The number of aromatic nitrogens is 3. The predicted molar refractivity (Wildman–Crippen MR) is 83.1 cm³/mol. The highest BCUT2D eigenvalue weighted by Gasteiger charge is 2.14. The Morgan fingerprint density at radius 2 is 1.87 bits per heavy atom. The number of carbonyl (C=O) groups excluding carboxylic acids is 1. The van der Waals surface area contributed by atoms with Crippen molar-refractivity contribution in [1.29, 1.82) is 0 Å². The number of amides is 2. The van der Waals surface area contributed by atoms with E-state index in [2.05, 4.69) is 25.4 Å². The van der Waals surface area contributed by atoms with E-state index in [1.54, 1.807) is 12.1 Å². The summed E-state index contributed by atoms with van der Waals surface area (Å²) in [6.07, 6.45) is 4.41. The Hall–Kier alpha value is -2.44. The van der Waals surface area contributed by atoms with Crippen LogP contribution in [0.15, 0.2) is 24.3 Å². The lowest BCUT2D eigenvalue weighted by Crippen LogP contribution is -2.35. The zero-order valence-electron chi connectivity index (χ0n) is 12.9. The molecule has 0 spiro atoms. The third-order valence-corrected chi connectivity index (χ3v) is 3.96. The first kappa shape index (κ1) is 15.5. The summed E-state index contributed by atoms with van der Waals surface area (Å²) in [4.78, 5) is 11.9. The lowest BCUT2D eigenvalue weighted by atomic mass is 10.2. The Morgan fingerprint density at radius 3 is 2.70 bits per heavy atom. The van der Waals surface area contributed by atoms with E-state index in [1.807, 2.05) is 0 Å². The van der Waals surface area contributed by atoms with Gasteiger partial charge in [-0.2, -0.15) is 0 Å². The molecule has 2 aromatic rings. The van der Waals surface area contributed by atoms with E-state index in [4.69, 9.17) is 0 Å². The number of nitrogens with one attached hydrogen (secondary N) is 2. The van der Waals surface area contributed by atoms with Crippen molar-refractivity contribution in [2.24, 2.45) is 0 Å². The molecule has 1 aliphatic heterocycles. The van der Waals surface area contributed by atoms with Gasteiger partial charge < -0.3 is 15.2 Å². The molecule has 23 heavy (non-hydrogen) atoms. The normalized spacial score (nSPS) is 14.0. The van der Waals surface area contributed by atoms with Gasteiger partial charge in [-0.1, -0.05) is 18.6 Å². The van der Waals surface area contributed by atoms with Gasteiger partial charge in [0.05, 0.1) is 6.54 Å². The molecule has 2 N–H and O–H groups in total. The van der Waals surface area contributed by atoms with Crippen LogP contribution >= 0.6 is 0 Å². The standard InChI is InChI=1S/C16H20FN5O/c17-13-7-5-12(6-8-13)10-18-16(23)19-11-15-21-20-14-4-2-1-3-9-22(14)15/h5-8H,1-4,9-11H2,(H2,18,19,23). The molecule has 0 saturated carbocycles. The molecule has 1 aromatic heterocycles. The van der Waals surface area contributed by atoms with Crippen LogP contribution in [-0.4, -0.2) is 20.8 Å². The quantitative estimate of drug-likeness (QED) is 0.907. The molecule has 0 atom stereocenters. The van der Waals surface area contributed by atoms with Gasteiger partial charge in [-0.3, -0.25) is 0 Å². The van der Waals surface area contributed by atoms with Gasteiger partial charge in [-0.05, 0) is 30.5 Å². The van der Waals surface area contributed by atoms with E-state index in [0.29, 0.717) is 13.1 Å². The SMILES string of the molecule is O=C(NCc1ccc(F)cc1)NCc1nnc2n1CCCCC2. The first-order valence-electron chi connectivity index (χ1n) is 7.89. The molecular formula is C16H20FN5O. The smallest absolute Gasteiger partial charge is 0.315 e. The van der Waals surface area contributed by atoms with Crippen LogP contribution in [0.3, 0.4) is 0 Å². The lowest BCUT2D eigenvalue weighted by Gasteiger charge is -2.09. The summed E-state index contributed by atoms with van der Waals surface area (Å²) >= 11 is 0. The van der Waals surface area contributed by atoms with Crippen LogP contribution in [0.2, 0.25) is 0 Å². The third kappa shape index (κ3) is 4.06. The summed E-state index contributed by atoms with van der Waals surface area (Å²) in [6, 6.07) is 5.77. The number of nitrogens with zero attached hydrogens (tertiary/aromatic N) is 3. The number of aryl methyl sites for hydroxylation is 1. The van der Waals surface area contributed by atoms with Gasteiger partial charge in [0.2, 0.25) is 0 Å². The van der Waals surface area contributed by atoms with E-state index in [1.165, 1.54) is 18.6 Å². The Morgan fingerprint density at radius 1 is 1.09 bits per heavy atom. The summed E-state index contributed by atoms with van der Waals surface area (Å²) in [5.74, 6) is 1.51. The third-order valence-electron chi connectivity index (χ3n) is 3.96. The summed E-state index contributed by atoms with van der Waals surface area (Å²) in [6.45, 7) is 1.61. The topological polar surface area (TPSA) is 71.8 Å². The fourth-order valence-corrected chi connectivity index (χ4v) is 2.68. The molecule has 0 radical (unpaired) electrons. The Kier molecular flexibility index (Phi) is 4.85. The monoisotopic (exact) mass is 317 g/mol. The number of halogens is 1. The maximum absolute atomic E-state index is 12.8. The van der Waals surface area contributed by atoms with Gasteiger partial charge in [0.25, 0.3) is 0 Å². The van der Waals surface area contributed by atoms with Crippen molar-refractivity contribution in [3.05, 3.63) is 47.3 Å². The fraction of sp³-hybridized carbons (Fsp3) is 0.438. The van der Waals surface area contributed by atoms with Crippen molar-refractivity contribution in [1.82, 2.24) is 25.4 Å². The number of carbonyl (C=O) groups is 1. The summed E-state index contributed by atoms with van der Waals surface area (Å²) in [7, 11) is 0. The van der Waals surface area contributed by atoms with Crippen LogP contribution in [0.1, 0.15) is 36.5 Å². The van der Waals surface area contributed by atoms with Gasteiger partial charge in [-0.15, -0.1) is 10.2 Å². The van der Waals surface area contributed by atoms with Crippen LogP contribution in [0.25, 0.3) is 0 Å². The van der Waals surface area contributed by atoms with Crippen molar-refractivity contribution in [2.75, 3.05) is 0 Å². The van der Waals surface area contributed by atoms with Gasteiger partial charge in [-0.25, -0.2) is 9.18 Å². The minimum atomic E-state index is -0.286. The molecule has 0 bridgehead atoms. The average molecular weight is 317 g/mol. The maximum atomic E-state index is 12.8. The highest BCUT2D eigenvalue weighted by molar-refractivity contribution is 5.73. The van der Waals surface area contributed by atoms with Crippen molar-refractivity contribution in [3.8, 4) is 0 Å². The molecule has 0 saturated heterocycles. The maximum Gasteiger partial charge on any atom is 0.315 e. The highest BCUT2D eigenvalue weighted by Crippen LogP contribution is 2.14. The van der Waals surface area contributed by atoms with Crippen molar-refractivity contribution < 1.29 is 9.18 Å². The molecule has 7 heteroatoms. The van der Waals surface area contributed by atoms with Crippen LogP contribution < -0.4 is 10.6 Å². The van der Waals surface area contributed by atoms with Crippen LogP contribution in [0.5, 0.6) is 0 Å². The Bertz CT molecular complexity index is 668. The number of benzene rings is 1. The zero-order chi connectivity index (χ0) is 16.1. The second-order valence-corrected chi connectivity index (χ2v) is 5.66. The average Bonchev–Trinajstić information content (AvgIpc) is 2.79. The Balaban J connectivity index is 1.49. The number of hydrogen-bond acceptors (Lipinski definition) is 3. The summed E-state index contributed by atoms with van der Waals surface area (Å²) < 4.78 is 14.9. The van der Waals surface area contributed by atoms with Gasteiger partial charge in [0.15, 0.2) is 5.82 Å². The Labute approximate surface area is 134 Å². The largest absolute Gasteiger partial charge is 0.334 e. The molecular weight excluding hydrogens is 297 g/mol. The minimum absolute atomic E-state index is 0.278. The molecule has 2 amide bonds. The van der Waals surface area contributed by atoms with E-state index in [-0.39, 0.29) is 11.8 Å². The van der Waals surface area contributed by atoms with Gasteiger partial charge in [0, 0.05) is 19.5 Å². The second kappa shape index (κ2) is 7.21. The second-order valence-electron chi connectivity index (χ2n) is 5.66. The molecule has 0 fully saturated rings. The fourth-order valence-electron chi connectivity index (χ4n) is 2.68. The number of urea groups is 1. The van der Waals surface area contributed by atoms with Crippen molar-refractivity contribution in [3.63, 3.8) is 0 Å². The lowest BCUT2D eigenvalue weighted by molar-refractivity contribution is 0.239. The molecule has 1 aliphatic rings. The predicted octanol–water partition coefficient (Wildman–Crippen LogP) is 2.14. The first-order valence-corrected chi connectivity index (χ1v) is 7.89. The van der Waals surface area contributed by atoms with E-state index < -0.39 is 0 Å². The molecule has 1 aromatic carbocycles. The van der Waals surface area contributed by atoms with E-state index >= 15 is 0 Å². The van der Waals surface area contributed by atoms with Gasteiger partial charge >= 0.3 is 6.03 Å². The number of fused-ring (bicyclic) bond motifs is 1.